The molecule has 1 heterocycles. The van der Waals surface area contributed by atoms with Crippen LogP contribution in [0.1, 0.15) is 67.9 Å². The number of nitrogens with one attached hydrogen (secondary N) is 1. The Morgan fingerprint density at radius 3 is 2.83 bits per heavy atom. The van der Waals surface area contributed by atoms with Crippen LogP contribution in [-0.2, 0) is 0 Å². The Labute approximate surface area is 142 Å². The first kappa shape index (κ1) is 14.7. The lowest BCUT2D eigenvalue weighted by Crippen LogP contribution is -2.31. The minimum absolute atomic E-state index is 0.0614. The molecule has 0 aromatic carbocycles. The maximum absolute atomic E-state index is 12.4. The third-order valence-corrected chi connectivity index (χ3v) is 7.06. The monoisotopic (exact) mass is 326 g/mol. The summed E-state index contributed by atoms with van der Waals surface area (Å²) in [6, 6.07) is 0.429. The quantitative estimate of drug-likeness (QED) is 0.865. The molecule has 1 aromatic heterocycles. The van der Waals surface area contributed by atoms with Gasteiger partial charge >= 0.3 is 0 Å². The Balaban J connectivity index is 1.19. The molecule has 128 valence electrons. The second-order valence-corrected chi connectivity index (χ2v) is 8.33. The number of carbonyl (C=O) groups excluding carboxylic acids is 1. The molecule has 3 saturated carbocycles. The van der Waals surface area contributed by atoms with Crippen LogP contribution in [0.2, 0.25) is 0 Å². The van der Waals surface area contributed by atoms with E-state index in [1.54, 1.807) is 0 Å². The van der Waals surface area contributed by atoms with Crippen molar-refractivity contribution in [3.63, 3.8) is 0 Å². The lowest BCUT2D eigenvalue weighted by atomic mass is 9.89. The van der Waals surface area contributed by atoms with Crippen molar-refractivity contribution in [3.05, 3.63) is 24.0 Å². The van der Waals surface area contributed by atoms with E-state index in [0.29, 0.717) is 29.0 Å². The lowest BCUT2D eigenvalue weighted by Gasteiger charge is -2.21. The molecule has 4 aliphatic carbocycles. The fourth-order valence-corrected chi connectivity index (χ4v) is 5.57. The van der Waals surface area contributed by atoms with Crippen LogP contribution in [0.5, 0.6) is 0 Å². The van der Waals surface area contributed by atoms with Crippen molar-refractivity contribution < 1.29 is 4.79 Å². The highest BCUT2D eigenvalue weighted by atomic mass is 16.2. The second-order valence-electron chi connectivity index (χ2n) is 8.33. The molecule has 5 heteroatoms. The highest BCUT2D eigenvalue weighted by molar-refractivity contribution is 5.91. The van der Waals surface area contributed by atoms with Crippen molar-refractivity contribution in [2.45, 2.75) is 57.4 Å². The van der Waals surface area contributed by atoms with Gasteiger partial charge in [0.05, 0.1) is 12.2 Å². The van der Waals surface area contributed by atoms with E-state index in [9.17, 15) is 4.79 Å². The van der Waals surface area contributed by atoms with Gasteiger partial charge in [0.15, 0.2) is 5.69 Å². The van der Waals surface area contributed by atoms with E-state index in [4.69, 9.17) is 0 Å². The summed E-state index contributed by atoms with van der Waals surface area (Å²) in [5, 5.41) is 11.4. The summed E-state index contributed by atoms with van der Waals surface area (Å²) < 4.78 is 1.91. The van der Waals surface area contributed by atoms with E-state index in [1.807, 2.05) is 10.9 Å². The van der Waals surface area contributed by atoms with Crippen molar-refractivity contribution >= 4 is 5.91 Å². The van der Waals surface area contributed by atoms with Gasteiger partial charge in [-0.25, -0.2) is 4.68 Å². The summed E-state index contributed by atoms with van der Waals surface area (Å²) in [7, 11) is 0. The summed E-state index contributed by atoms with van der Waals surface area (Å²) >= 11 is 0. The number of hydrogen-bond acceptors (Lipinski definition) is 3. The number of rotatable bonds is 4. The molecule has 4 aliphatic rings. The van der Waals surface area contributed by atoms with E-state index in [1.165, 1.54) is 38.5 Å². The first-order valence-corrected chi connectivity index (χ1v) is 9.65. The Morgan fingerprint density at radius 1 is 1.25 bits per heavy atom. The third-order valence-electron chi connectivity index (χ3n) is 7.06. The van der Waals surface area contributed by atoms with Crippen LogP contribution < -0.4 is 5.32 Å². The van der Waals surface area contributed by atoms with E-state index >= 15 is 0 Å². The third kappa shape index (κ3) is 2.24. The average Bonchev–Trinajstić information content (AvgIpc) is 3.02. The molecule has 24 heavy (non-hydrogen) atoms. The summed E-state index contributed by atoms with van der Waals surface area (Å²) in [6.45, 7) is 0.780. The van der Waals surface area contributed by atoms with Gasteiger partial charge in [0.2, 0.25) is 0 Å². The van der Waals surface area contributed by atoms with Crippen molar-refractivity contribution in [2.75, 3.05) is 6.54 Å². The zero-order valence-corrected chi connectivity index (χ0v) is 14.2. The average molecular weight is 326 g/mol. The number of carbonyl (C=O) groups is 1. The molecule has 0 aliphatic heterocycles. The van der Waals surface area contributed by atoms with Gasteiger partial charge in [-0.15, -0.1) is 5.10 Å². The first-order chi connectivity index (χ1) is 11.8. The number of nitrogens with zero attached hydrogens (tertiary/aromatic N) is 3. The van der Waals surface area contributed by atoms with Gasteiger partial charge in [0.1, 0.15) is 0 Å². The molecule has 1 amide bonds. The van der Waals surface area contributed by atoms with Crippen LogP contribution in [0.3, 0.4) is 0 Å². The molecule has 5 nitrogen and oxygen atoms in total. The van der Waals surface area contributed by atoms with Gasteiger partial charge in [0, 0.05) is 6.54 Å². The van der Waals surface area contributed by atoms with Gasteiger partial charge in [-0.2, -0.15) is 0 Å². The van der Waals surface area contributed by atoms with Crippen LogP contribution in [0, 0.1) is 23.2 Å². The van der Waals surface area contributed by atoms with Crippen LogP contribution in [0.25, 0.3) is 0 Å². The maximum atomic E-state index is 12.4. The summed E-state index contributed by atoms with van der Waals surface area (Å²) in [5.41, 5.74) is 1.07. The van der Waals surface area contributed by atoms with E-state index in [-0.39, 0.29) is 5.91 Å². The summed E-state index contributed by atoms with van der Waals surface area (Å²) in [5.74, 6) is 2.02. The molecule has 3 atom stereocenters. The number of aromatic nitrogens is 3. The second kappa shape index (κ2) is 5.43. The Kier molecular flexibility index (Phi) is 3.32. The van der Waals surface area contributed by atoms with Gasteiger partial charge in [-0.05, 0) is 55.3 Å². The summed E-state index contributed by atoms with van der Waals surface area (Å²) in [4.78, 5) is 12.4. The predicted octanol–water partition coefficient (Wildman–Crippen LogP) is 3.12. The molecule has 1 spiro atoms. The fraction of sp³-hybridized carbons (Fsp3) is 0.737. The van der Waals surface area contributed by atoms with Gasteiger partial charge in [0.25, 0.3) is 5.91 Å². The van der Waals surface area contributed by atoms with E-state index < -0.39 is 0 Å². The molecule has 5 rings (SSSR count). The van der Waals surface area contributed by atoms with Crippen molar-refractivity contribution in [2.24, 2.45) is 23.2 Å². The van der Waals surface area contributed by atoms with Crippen LogP contribution >= 0.6 is 0 Å². The smallest absolute Gasteiger partial charge is 0.273 e. The molecule has 1 N–H and O–H groups in total. The lowest BCUT2D eigenvalue weighted by molar-refractivity contribution is 0.0939. The van der Waals surface area contributed by atoms with Gasteiger partial charge in [-0.1, -0.05) is 36.6 Å². The zero-order chi connectivity index (χ0) is 16.1. The molecule has 0 radical (unpaired) electrons. The highest BCUT2D eigenvalue weighted by Gasteiger charge is 2.62. The minimum Gasteiger partial charge on any atom is -0.350 e. The SMILES string of the molecule is O=C(NC[C@H]1C[C@H]2C=C[C@H]1C21CC1)c1cn(C2CCCCC2)nn1. The van der Waals surface area contributed by atoms with Gasteiger partial charge in [-0.3, -0.25) is 4.79 Å². The Bertz CT molecular complexity index is 669. The number of amides is 1. The topological polar surface area (TPSA) is 59.8 Å². The summed E-state index contributed by atoms with van der Waals surface area (Å²) in [6.07, 6.45) is 16.8. The normalized spacial score (nSPS) is 33.2. The van der Waals surface area contributed by atoms with E-state index in [2.05, 4.69) is 27.8 Å². The predicted molar refractivity (Wildman–Crippen MR) is 90.4 cm³/mol. The van der Waals surface area contributed by atoms with E-state index in [0.717, 1.165) is 25.3 Å². The highest BCUT2D eigenvalue weighted by Crippen LogP contribution is 2.69. The van der Waals surface area contributed by atoms with Crippen molar-refractivity contribution in [3.8, 4) is 0 Å². The Hall–Kier alpha value is -1.65. The first-order valence-electron chi connectivity index (χ1n) is 9.65. The maximum Gasteiger partial charge on any atom is 0.273 e. The van der Waals surface area contributed by atoms with Crippen molar-refractivity contribution in [1.82, 2.24) is 20.3 Å². The molecular formula is C19H26N4O. The molecular weight excluding hydrogens is 300 g/mol. The standard InChI is InChI=1S/C19H26N4O/c24-18(17-12-23(22-21-17)15-4-2-1-3-5-15)20-11-13-10-14-6-7-16(13)19(14)8-9-19/h6-7,12-16H,1-5,8-11H2,(H,20,24)/t13-,14-,16-/m1/s1. The Morgan fingerprint density at radius 2 is 2.08 bits per heavy atom. The van der Waals surface area contributed by atoms with Crippen molar-refractivity contribution in [1.29, 1.82) is 0 Å². The largest absolute Gasteiger partial charge is 0.350 e. The zero-order valence-electron chi connectivity index (χ0n) is 14.2. The van der Waals surface area contributed by atoms with Gasteiger partial charge < -0.3 is 5.32 Å². The molecule has 0 unspecified atom stereocenters. The molecule has 0 saturated heterocycles. The number of allylic oxidation sites excluding steroid dienone is 2. The van der Waals surface area contributed by atoms with Crippen LogP contribution in [-0.4, -0.2) is 27.4 Å². The molecule has 2 bridgehead atoms. The van der Waals surface area contributed by atoms with Crippen LogP contribution in [0.4, 0.5) is 0 Å². The number of hydrogen-bond donors (Lipinski definition) is 1. The molecule has 3 fully saturated rings. The fourth-order valence-electron chi connectivity index (χ4n) is 5.57. The van der Waals surface area contributed by atoms with Crippen LogP contribution in [0.15, 0.2) is 18.3 Å². The molecule has 1 aromatic rings. The minimum atomic E-state index is -0.0614.